The molecule has 2 saturated heterocycles. The number of rotatable bonds is 5. The van der Waals surface area contributed by atoms with Gasteiger partial charge in [0.25, 0.3) is 0 Å². The summed E-state index contributed by atoms with van der Waals surface area (Å²) in [5.74, 6) is 0.157. The molecule has 2 aliphatic rings. The molecule has 0 radical (unpaired) electrons. The van der Waals surface area contributed by atoms with E-state index in [-0.39, 0.29) is 11.9 Å². The maximum atomic E-state index is 12.5. The van der Waals surface area contributed by atoms with Gasteiger partial charge in [-0.2, -0.15) is 0 Å². The number of amides is 1. The van der Waals surface area contributed by atoms with Gasteiger partial charge >= 0.3 is 0 Å². The molecule has 2 aromatic rings. The average Bonchev–Trinajstić information content (AvgIpc) is 3.15. The predicted molar refractivity (Wildman–Crippen MR) is 90.0 cm³/mol. The standard InChI is InChI=1S/C20H21NO3/c22-19-11-12-20(15-23-13-16-7-3-1-4-8-16)21(19)18(14-24-20)17-9-5-2-6-10-17/h1-10,18H,11-15H2/t18-,20+/m0/s1. The van der Waals surface area contributed by atoms with Crippen molar-refractivity contribution in [3.8, 4) is 0 Å². The minimum Gasteiger partial charge on any atom is -0.372 e. The van der Waals surface area contributed by atoms with Gasteiger partial charge in [-0.25, -0.2) is 0 Å². The molecule has 0 aromatic heterocycles. The van der Waals surface area contributed by atoms with E-state index in [4.69, 9.17) is 9.47 Å². The smallest absolute Gasteiger partial charge is 0.225 e. The lowest BCUT2D eigenvalue weighted by Gasteiger charge is -2.33. The van der Waals surface area contributed by atoms with E-state index >= 15 is 0 Å². The van der Waals surface area contributed by atoms with Gasteiger partial charge in [-0.3, -0.25) is 4.79 Å². The highest BCUT2D eigenvalue weighted by Gasteiger charge is 2.54. The SMILES string of the molecule is O=C1CC[C@]2(COCc3ccccc3)OC[C@@H](c3ccccc3)N12. The zero-order valence-corrected chi connectivity index (χ0v) is 13.6. The van der Waals surface area contributed by atoms with Crippen LogP contribution in [0.3, 0.4) is 0 Å². The molecule has 2 aromatic carbocycles. The maximum Gasteiger partial charge on any atom is 0.225 e. The molecule has 2 heterocycles. The van der Waals surface area contributed by atoms with Gasteiger partial charge in [0.1, 0.15) is 0 Å². The lowest BCUT2D eigenvalue weighted by atomic mass is 10.1. The van der Waals surface area contributed by atoms with Gasteiger partial charge in [0, 0.05) is 12.8 Å². The molecule has 24 heavy (non-hydrogen) atoms. The first-order valence-electron chi connectivity index (χ1n) is 8.41. The molecule has 2 aliphatic heterocycles. The normalized spacial score (nSPS) is 25.9. The lowest BCUT2D eigenvalue weighted by molar-refractivity contribution is -0.149. The molecule has 0 spiro atoms. The van der Waals surface area contributed by atoms with Crippen molar-refractivity contribution in [2.45, 2.75) is 31.2 Å². The van der Waals surface area contributed by atoms with Crippen LogP contribution in [0.4, 0.5) is 0 Å². The summed E-state index contributed by atoms with van der Waals surface area (Å²) in [7, 11) is 0. The lowest BCUT2D eigenvalue weighted by Crippen LogP contribution is -2.46. The summed E-state index contributed by atoms with van der Waals surface area (Å²) in [5, 5.41) is 0. The van der Waals surface area contributed by atoms with E-state index in [0.717, 1.165) is 11.1 Å². The van der Waals surface area contributed by atoms with Crippen molar-refractivity contribution in [2.24, 2.45) is 0 Å². The van der Waals surface area contributed by atoms with Crippen molar-refractivity contribution >= 4 is 5.91 Å². The summed E-state index contributed by atoms with van der Waals surface area (Å²) >= 11 is 0. The number of carbonyl (C=O) groups is 1. The Kier molecular flexibility index (Phi) is 4.08. The summed E-state index contributed by atoms with van der Waals surface area (Å²) in [5.41, 5.74) is 1.65. The second-order valence-electron chi connectivity index (χ2n) is 6.43. The molecule has 4 heteroatoms. The molecular weight excluding hydrogens is 302 g/mol. The molecule has 0 aliphatic carbocycles. The third kappa shape index (κ3) is 2.72. The number of hydrogen-bond donors (Lipinski definition) is 0. The minimum absolute atomic E-state index is 0.0125. The van der Waals surface area contributed by atoms with Crippen LogP contribution in [0.15, 0.2) is 60.7 Å². The van der Waals surface area contributed by atoms with Gasteiger partial charge in [-0.15, -0.1) is 0 Å². The maximum absolute atomic E-state index is 12.5. The van der Waals surface area contributed by atoms with Crippen molar-refractivity contribution in [1.82, 2.24) is 4.90 Å². The van der Waals surface area contributed by atoms with Crippen molar-refractivity contribution in [3.63, 3.8) is 0 Å². The van der Waals surface area contributed by atoms with Crippen LogP contribution in [0.25, 0.3) is 0 Å². The molecule has 2 atom stereocenters. The van der Waals surface area contributed by atoms with E-state index in [2.05, 4.69) is 12.1 Å². The van der Waals surface area contributed by atoms with Gasteiger partial charge in [-0.1, -0.05) is 60.7 Å². The van der Waals surface area contributed by atoms with Gasteiger partial charge in [-0.05, 0) is 11.1 Å². The first-order chi connectivity index (χ1) is 11.8. The number of nitrogens with zero attached hydrogens (tertiary/aromatic N) is 1. The summed E-state index contributed by atoms with van der Waals surface area (Å²) in [6.45, 7) is 1.48. The van der Waals surface area contributed by atoms with Crippen molar-refractivity contribution in [2.75, 3.05) is 13.2 Å². The van der Waals surface area contributed by atoms with Crippen LogP contribution >= 0.6 is 0 Å². The van der Waals surface area contributed by atoms with Gasteiger partial charge in [0.05, 0.1) is 25.9 Å². The summed E-state index contributed by atoms with van der Waals surface area (Å²) in [4.78, 5) is 14.4. The average molecular weight is 323 g/mol. The van der Waals surface area contributed by atoms with Gasteiger partial charge < -0.3 is 14.4 Å². The summed E-state index contributed by atoms with van der Waals surface area (Å²) < 4.78 is 12.0. The second-order valence-corrected chi connectivity index (χ2v) is 6.43. The molecule has 124 valence electrons. The van der Waals surface area contributed by atoms with E-state index in [0.29, 0.717) is 32.7 Å². The van der Waals surface area contributed by atoms with Gasteiger partial charge in [0.15, 0.2) is 5.72 Å². The van der Waals surface area contributed by atoms with Crippen molar-refractivity contribution in [3.05, 3.63) is 71.8 Å². The largest absolute Gasteiger partial charge is 0.372 e. The van der Waals surface area contributed by atoms with E-state index in [9.17, 15) is 4.79 Å². The highest BCUT2D eigenvalue weighted by Crippen LogP contribution is 2.44. The molecule has 0 saturated carbocycles. The second kappa shape index (κ2) is 6.38. The highest BCUT2D eigenvalue weighted by molar-refractivity contribution is 5.80. The molecule has 0 unspecified atom stereocenters. The van der Waals surface area contributed by atoms with Crippen LogP contribution in [0, 0.1) is 0 Å². The van der Waals surface area contributed by atoms with Crippen LogP contribution in [0.1, 0.15) is 30.0 Å². The fourth-order valence-corrected chi connectivity index (χ4v) is 3.68. The van der Waals surface area contributed by atoms with Crippen LogP contribution < -0.4 is 0 Å². The first kappa shape index (κ1) is 15.4. The molecule has 2 fully saturated rings. The monoisotopic (exact) mass is 323 g/mol. The fraction of sp³-hybridized carbons (Fsp3) is 0.350. The Bertz CT molecular complexity index is 703. The van der Waals surface area contributed by atoms with Crippen LogP contribution in [-0.2, 0) is 20.9 Å². The minimum atomic E-state index is -0.605. The topological polar surface area (TPSA) is 38.8 Å². The molecular formula is C20H21NO3. The van der Waals surface area contributed by atoms with E-state index in [1.807, 2.05) is 53.4 Å². The Morgan fingerprint density at radius 1 is 1.08 bits per heavy atom. The number of carbonyl (C=O) groups excluding carboxylic acids is 1. The number of ether oxygens (including phenoxy) is 2. The third-order valence-electron chi connectivity index (χ3n) is 4.88. The first-order valence-corrected chi connectivity index (χ1v) is 8.41. The Morgan fingerprint density at radius 2 is 1.79 bits per heavy atom. The summed E-state index contributed by atoms with van der Waals surface area (Å²) in [6.07, 6.45) is 1.22. The molecule has 4 nitrogen and oxygen atoms in total. The van der Waals surface area contributed by atoms with E-state index < -0.39 is 5.72 Å². The fourth-order valence-electron chi connectivity index (χ4n) is 3.68. The molecule has 0 bridgehead atoms. The Labute approximate surface area is 142 Å². The molecule has 1 amide bonds. The Balaban J connectivity index is 1.48. The Hall–Kier alpha value is -2.17. The van der Waals surface area contributed by atoms with E-state index in [1.54, 1.807) is 0 Å². The molecule has 4 rings (SSSR count). The number of fused-ring (bicyclic) bond motifs is 1. The van der Waals surface area contributed by atoms with E-state index in [1.165, 1.54) is 0 Å². The van der Waals surface area contributed by atoms with Gasteiger partial charge in [0.2, 0.25) is 5.91 Å². The number of benzene rings is 2. The third-order valence-corrected chi connectivity index (χ3v) is 4.88. The van der Waals surface area contributed by atoms with Crippen LogP contribution in [0.5, 0.6) is 0 Å². The number of hydrogen-bond acceptors (Lipinski definition) is 3. The Morgan fingerprint density at radius 3 is 2.54 bits per heavy atom. The quantitative estimate of drug-likeness (QED) is 0.847. The zero-order chi connectivity index (χ0) is 16.4. The summed E-state index contributed by atoms with van der Waals surface area (Å²) in [6, 6.07) is 20.2. The highest BCUT2D eigenvalue weighted by atomic mass is 16.6. The molecule has 0 N–H and O–H groups in total. The van der Waals surface area contributed by atoms with Crippen molar-refractivity contribution < 1.29 is 14.3 Å². The predicted octanol–water partition coefficient (Wildman–Crippen LogP) is 3.29. The van der Waals surface area contributed by atoms with Crippen LogP contribution in [-0.4, -0.2) is 29.7 Å². The van der Waals surface area contributed by atoms with Crippen LogP contribution in [0.2, 0.25) is 0 Å². The zero-order valence-electron chi connectivity index (χ0n) is 13.6. The van der Waals surface area contributed by atoms with Crippen molar-refractivity contribution in [1.29, 1.82) is 0 Å².